The van der Waals surface area contributed by atoms with Crippen LogP contribution in [0.2, 0.25) is 0 Å². The molecule has 0 radical (unpaired) electrons. The number of carbonyl (C=O) groups excluding carboxylic acids is 2. The zero-order valence-corrected chi connectivity index (χ0v) is 12.7. The molecule has 2 aromatic carbocycles. The second-order valence-electron chi connectivity index (χ2n) is 4.33. The number of carbonyl (C=O) groups is 2. The van der Waals surface area contributed by atoms with Gasteiger partial charge in [0.25, 0.3) is 5.91 Å². The van der Waals surface area contributed by atoms with Crippen LogP contribution >= 0.6 is 11.8 Å². The van der Waals surface area contributed by atoms with Crippen LogP contribution in [0.15, 0.2) is 53.4 Å². The Morgan fingerprint density at radius 2 is 1.82 bits per heavy atom. The number of benzene rings is 2. The molecular formula is C16H14FNO3S. The van der Waals surface area contributed by atoms with Crippen LogP contribution in [0.4, 0.5) is 10.1 Å². The van der Waals surface area contributed by atoms with Crippen LogP contribution in [0.3, 0.4) is 0 Å². The summed E-state index contributed by atoms with van der Waals surface area (Å²) in [4.78, 5) is 24.4. The molecule has 0 bridgehead atoms. The highest BCUT2D eigenvalue weighted by atomic mass is 32.2. The molecule has 2 aromatic rings. The Bertz CT molecular complexity index is 673. The number of amides is 1. The van der Waals surface area contributed by atoms with Crippen molar-refractivity contribution >= 4 is 29.3 Å². The van der Waals surface area contributed by atoms with E-state index in [0.717, 1.165) is 4.90 Å². The van der Waals surface area contributed by atoms with Gasteiger partial charge in [0, 0.05) is 10.6 Å². The first-order valence-electron chi connectivity index (χ1n) is 6.45. The van der Waals surface area contributed by atoms with E-state index in [9.17, 15) is 14.0 Å². The molecule has 1 N–H and O–H groups in total. The van der Waals surface area contributed by atoms with Crippen LogP contribution in [0, 0.1) is 5.82 Å². The summed E-state index contributed by atoms with van der Waals surface area (Å²) >= 11 is 1.43. The summed E-state index contributed by atoms with van der Waals surface area (Å²) in [6.45, 7) is -0.404. The third kappa shape index (κ3) is 4.33. The van der Waals surface area contributed by atoms with Crippen LogP contribution in [0.5, 0.6) is 0 Å². The average molecular weight is 319 g/mol. The van der Waals surface area contributed by atoms with E-state index < -0.39 is 24.3 Å². The zero-order chi connectivity index (χ0) is 15.9. The van der Waals surface area contributed by atoms with Gasteiger partial charge in [-0.1, -0.05) is 12.1 Å². The molecule has 0 saturated heterocycles. The van der Waals surface area contributed by atoms with Crippen molar-refractivity contribution in [3.8, 4) is 0 Å². The van der Waals surface area contributed by atoms with Crippen molar-refractivity contribution in [2.45, 2.75) is 4.90 Å². The molecule has 0 spiro atoms. The summed E-state index contributed by atoms with van der Waals surface area (Å²) in [5, 5.41) is 2.52. The summed E-state index contributed by atoms with van der Waals surface area (Å²) in [6.07, 6.45) is 1.85. The van der Waals surface area contributed by atoms with Gasteiger partial charge in [-0.05, 0) is 42.7 Å². The lowest BCUT2D eigenvalue weighted by Gasteiger charge is -2.08. The molecule has 0 unspecified atom stereocenters. The predicted octanol–water partition coefficient (Wildman–Crippen LogP) is 3.34. The van der Waals surface area contributed by atoms with Gasteiger partial charge in [-0.3, -0.25) is 4.79 Å². The second-order valence-corrected chi connectivity index (χ2v) is 5.18. The molecule has 0 aliphatic carbocycles. The van der Waals surface area contributed by atoms with Crippen LogP contribution in [0.1, 0.15) is 10.4 Å². The van der Waals surface area contributed by atoms with Crippen molar-refractivity contribution in [2.24, 2.45) is 0 Å². The fourth-order valence-corrected chi connectivity index (χ4v) is 2.34. The van der Waals surface area contributed by atoms with E-state index in [-0.39, 0.29) is 0 Å². The summed E-state index contributed by atoms with van der Waals surface area (Å²) < 4.78 is 17.7. The van der Waals surface area contributed by atoms with Crippen LogP contribution in [-0.2, 0) is 9.53 Å². The Kier molecular flexibility index (Phi) is 5.55. The fraction of sp³-hybridized carbons (Fsp3) is 0.125. The number of rotatable bonds is 5. The first-order chi connectivity index (χ1) is 10.6. The maximum absolute atomic E-state index is 12.8. The van der Waals surface area contributed by atoms with Gasteiger partial charge in [0.1, 0.15) is 5.82 Å². The molecule has 0 saturated carbocycles. The van der Waals surface area contributed by atoms with Crippen molar-refractivity contribution in [1.82, 2.24) is 0 Å². The molecule has 0 heterocycles. The minimum atomic E-state index is -0.556. The maximum atomic E-state index is 12.8. The Morgan fingerprint density at radius 3 is 2.50 bits per heavy atom. The highest BCUT2D eigenvalue weighted by molar-refractivity contribution is 7.98. The molecule has 114 valence electrons. The molecule has 22 heavy (non-hydrogen) atoms. The van der Waals surface area contributed by atoms with Gasteiger partial charge in [-0.15, -0.1) is 11.8 Å². The standard InChI is InChI=1S/C16H14FNO3S/c1-22-14-5-3-2-4-13(14)16(20)21-10-15(19)18-12-8-6-11(17)7-9-12/h2-9H,10H2,1H3,(H,18,19). The average Bonchev–Trinajstić information content (AvgIpc) is 2.54. The normalized spacial score (nSPS) is 10.1. The Balaban J connectivity index is 1.90. The van der Waals surface area contributed by atoms with Crippen molar-refractivity contribution in [2.75, 3.05) is 18.2 Å². The van der Waals surface area contributed by atoms with E-state index in [0.29, 0.717) is 11.3 Å². The number of nitrogens with one attached hydrogen (secondary N) is 1. The lowest BCUT2D eigenvalue weighted by Crippen LogP contribution is -2.21. The lowest BCUT2D eigenvalue weighted by atomic mass is 10.2. The number of thioether (sulfide) groups is 1. The van der Waals surface area contributed by atoms with E-state index in [1.54, 1.807) is 18.2 Å². The largest absolute Gasteiger partial charge is 0.452 e. The Morgan fingerprint density at radius 1 is 1.14 bits per heavy atom. The number of anilines is 1. The summed E-state index contributed by atoms with van der Waals surface area (Å²) in [6, 6.07) is 12.3. The van der Waals surface area contributed by atoms with Gasteiger partial charge in [-0.2, -0.15) is 0 Å². The SMILES string of the molecule is CSc1ccccc1C(=O)OCC(=O)Nc1ccc(F)cc1. The van der Waals surface area contributed by atoms with E-state index >= 15 is 0 Å². The molecule has 0 aliphatic rings. The molecular weight excluding hydrogens is 305 g/mol. The second kappa shape index (κ2) is 7.61. The van der Waals surface area contributed by atoms with Crippen LogP contribution < -0.4 is 5.32 Å². The van der Waals surface area contributed by atoms with Gasteiger partial charge < -0.3 is 10.1 Å². The van der Waals surface area contributed by atoms with Crippen molar-refractivity contribution < 1.29 is 18.7 Å². The van der Waals surface area contributed by atoms with E-state index in [1.807, 2.05) is 12.3 Å². The number of hydrogen-bond acceptors (Lipinski definition) is 4. The highest BCUT2D eigenvalue weighted by Crippen LogP contribution is 2.20. The predicted molar refractivity (Wildman–Crippen MR) is 83.5 cm³/mol. The van der Waals surface area contributed by atoms with E-state index in [2.05, 4.69) is 5.32 Å². The van der Waals surface area contributed by atoms with Crippen molar-refractivity contribution in [1.29, 1.82) is 0 Å². The van der Waals surface area contributed by atoms with E-state index in [1.165, 1.54) is 36.0 Å². The molecule has 4 nitrogen and oxygen atoms in total. The first kappa shape index (κ1) is 16.0. The van der Waals surface area contributed by atoms with Gasteiger partial charge in [-0.25, -0.2) is 9.18 Å². The van der Waals surface area contributed by atoms with Gasteiger partial charge in [0.15, 0.2) is 6.61 Å². The molecule has 0 aliphatic heterocycles. The molecule has 6 heteroatoms. The van der Waals surface area contributed by atoms with Crippen LogP contribution in [0.25, 0.3) is 0 Å². The molecule has 2 rings (SSSR count). The van der Waals surface area contributed by atoms with Crippen molar-refractivity contribution in [3.63, 3.8) is 0 Å². The highest BCUT2D eigenvalue weighted by Gasteiger charge is 2.13. The maximum Gasteiger partial charge on any atom is 0.339 e. The fourth-order valence-electron chi connectivity index (χ4n) is 1.75. The number of halogens is 1. The Labute approximate surface area is 131 Å². The number of ether oxygens (including phenoxy) is 1. The Hall–Kier alpha value is -2.34. The summed E-state index contributed by atoms with van der Waals surface area (Å²) in [5.74, 6) is -1.43. The van der Waals surface area contributed by atoms with Crippen LogP contribution in [-0.4, -0.2) is 24.7 Å². The topological polar surface area (TPSA) is 55.4 Å². The number of hydrogen-bond donors (Lipinski definition) is 1. The third-order valence-corrected chi connectivity index (χ3v) is 3.59. The summed E-state index contributed by atoms with van der Waals surface area (Å²) in [5.41, 5.74) is 0.858. The first-order valence-corrected chi connectivity index (χ1v) is 7.68. The minimum Gasteiger partial charge on any atom is -0.452 e. The molecule has 0 atom stereocenters. The van der Waals surface area contributed by atoms with Gasteiger partial charge in [0.2, 0.25) is 0 Å². The lowest BCUT2D eigenvalue weighted by molar-refractivity contribution is -0.119. The molecule has 1 amide bonds. The molecule has 0 aromatic heterocycles. The van der Waals surface area contributed by atoms with Gasteiger partial charge in [0.05, 0.1) is 5.56 Å². The van der Waals surface area contributed by atoms with Crippen molar-refractivity contribution in [3.05, 3.63) is 59.9 Å². The smallest absolute Gasteiger partial charge is 0.339 e. The minimum absolute atomic E-state index is 0.391. The summed E-state index contributed by atoms with van der Waals surface area (Å²) in [7, 11) is 0. The molecule has 0 fully saturated rings. The monoisotopic (exact) mass is 319 g/mol. The van der Waals surface area contributed by atoms with Gasteiger partial charge >= 0.3 is 5.97 Å². The van der Waals surface area contributed by atoms with E-state index in [4.69, 9.17) is 4.74 Å². The zero-order valence-electron chi connectivity index (χ0n) is 11.8. The quantitative estimate of drug-likeness (QED) is 0.678. The third-order valence-electron chi connectivity index (χ3n) is 2.79. The number of esters is 1.